The van der Waals surface area contributed by atoms with Crippen molar-refractivity contribution in [2.45, 2.75) is 62.8 Å². The van der Waals surface area contributed by atoms with E-state index in [1.54, 1.807) is 0 Å². The molecule has 4 bridgehead atoms. The predicted octanol–water partition coefficient (Wildman–Crippen LogP) is 1.98. The van der Waals surface area contributed by atoms with Gasteiger partial charge in [0.25, 0.3) is 0 Å². The Morgan fingerprint density at radius 3 is 2.11 bits per heavy atom. The van der Waals surface area contributed by atoms with Crippen LogP contribution >= 0.6 is 0 Å². The van der Waals surface area contributed by atoms with Crippen molar-refractivity contribution in [1.82, 2.24) is 5.32 Å². The Morgan fingerprint density at radius 2 is 1.67 bits per heavy atom. The molecule has 0 aromatic rings. The first-order valence-corrected chi connectivity index (χ1v) is 9.15. The van der Waals surface area contributed by atoms with E-state index in [1.165, 1.54) is 19.1 Å². The van der Waals surface area contributed by atoms with Gasteiger partial charge in [-0.25, -0.2) is 8.42 Å². The van der Waals surface area contributed by atoms with E-state index in [0.717, 1.165) is 19.3 Å². The molecule has 0 aromatic heterocycles. The third-order valence-corrected chi connectivity index (χ3v) is 7.60. The van der Waals surface area contributed by atoms with Gasteiger partial charge in [-0.15, -0.1) is 0 Å². The molecule has 104 valence electrons. The minimum absolute atomic E-state index is 0.362. The van der Waals surface area contributed by atoms with Crippen LogP contribution in [-0.4, -0.2) is 31.5 Å². The zero-order valence-electron chi connectivity index (χ0n) is 11.6. The van der Waals surface area contributed by atoms with Crippen LogP contribution in [0.2, 0.25) is 0 Å². The molecule has 2 unspecified atom stereocenters. The second-order valence-corrected chi connectivity index (χ2v) is 9.68. The Balaban J connectivity index is 1.89. The molecule has 0 radical (unpaired) electrons. The Morgan fingerprint density at radius 1 is 1.11 bits per heavy atom. The van der Waals surface area contributed by atoms with Crippen molar-refractivity contribution in [2.24, 2.45) is 17.8 Å². The molecule has 4 aliphatic carbocycles. The second-order valence-electron chi connectivity index (χ2n) is 7.27. The molecule has 2 atom stereocenters. The summed E-state index contributed by atoms with van der Waals surface area (Å²) < 4.78 is 24.0. The van der Waals surface area contributed by atoms with Crippen LogP contribution in [0, 0.1) is 17.8 Å². The highest BCUT2D eigenvalue weighted by Gasteiger charge is 2.59. The molecule has 1 N–H and O–H groups in total. The fraction of sp³-hybridized carbons (Fsp3) is 1.00. The summed E-state index contributed by atoms with van der Waals surface area (Å²) in [6.45, 7) is 4.38. The minimum atomic E-state index is -2.90. The van der Waals surface area contributed by atoms with E-state index in [4.69, 9.17) is 0 Å². The third-order valence-electron chi connectivity index (χ3n) is 5.53. The van der Waals surface area contributed by atoms with Crippen LogP contribution in [0.4, 0.5) is 0 Å². The predicted molar refractivity (Wildman–Crippen MR) is 73.2 cm³/mol. The Kier molecular flexibility index (Phi) is 2.84. The fourth-order valence-electron chi connectivity index (χ4n) is 5.06. The van der Waals surface area contributed by atoms with Crippen LogP contribution in [0.3, 0.4) is 0 Å². The summed E-state index contributed by atoms with van der Waals surface area (Å²) in [7, 11) is -2.90. The number of hydrogen-bond acceptors (Lipinski definition) is 3. The van der Waals surface area contributed by atoms with Gasteiger partial charge < -0.3 is 5.32 Å². The fourth-order valence-corrected chi connectivity index (χ4v) is 6.63. The first kappa shape index (κ1) is 12.9. The van der Waals surface area contributed by atoms with Crippen molar-refractivity contribution in [3.8, 4) is 0 Å². The molecule has 0 saturated heterocycles. The molecular weight excluding hydrogens is 246 g/mol. The van der Waals surface area contributed by atoms with Gasteiger partial charge in [-0.2, -0.15) is 0 Å². The standard InChI is InChI=1S/C14H25NO2S/c1-9(2)15-13-11-4-10-5-12(13)8-14(6-10,7-11)18(3,16)17/h9-13,15H,4-8H2,1-3H3. The highest BCUT2D eigenvalue weighted by Crippen LogP contribution is 2.58. The van der Waals surface area contributed by atoms with Gasteiger partial charge in [0, 0.05) is 18.3 Å². The van der Waals surface area contributed by atoms with Gasteiger partial charge in [-0.1, -0.05) is 13.8 Å². The molecule has 0 aromatic carbocycles. The maximum absolute atomic E-state index is 12.2. The molecule has 4 heteroatoms. The summed E-state index contributed by atoms with van der Waals surface area (Å²) in [6.07, 6.45) is 6.71. The number of hydrogen-bond donors (Lipinski definition) is 1. The van der Waals surface area contributed by atoms with E-state index in [-0.39, 0.29) is 4.75 Å². The smallest absolute Gasteiger partial charge is 0.153 e. The van der Waals surface area contributed by atoms with Crippen LogP contribution < -0.4 is 5.32 Å². The van der Waals surface area contributed by atoms with Crippen molar-refractivity contribution in [3.63, 3.8) is 0 Å². The first-order valence-electron chi connectivity index (χ1n) is 7.26. The molecule has 18 heavy (non-hydrogen) atoms. The first-order chi connectivity index (χ1) is 8.31. The summed E-state index contributed by atoms with van der Waals surface area (Å²) in [6, 6.07) is 1.07. The van der Waals surface area contributed by atoms with Gasteiger partial charge in [0.15, 0.2) is 9.84 Å². The van der Waals surface area contributed by atoms with Crippen LogP contribution in [0.15, 0.2) is 0 Å². The molecular formula is C14H25NO2S. The van der Waals surface area contributed by atoms with E-state index in [9.17, 15) is 8.42 Å². The molecule has 0 amide bonds. The Bertz CT molecular complexity index is 427. The summed E-state index contributed by atoms with van der Waals surface area (Å²) >= 11 is 0. The van der Waals surface area contributed by atoms with Crippen molar-refractivity contribution >= 4 is 9.84 Å². The van der Waals surface area contributed by atoms with E-state index in [2.05, 4.69) is 19.2 Å². The highest BCUT2D eigenvalue weighted by molar-refractivity contribution is 7.92. The number of nitrogens with one attached hydrogen (secondary N) is 1. The molecule has 4 rings (SSSR count). The molecule has 4 fully saturated rings. The van der Waals surface area contributed by atoms with Crippen molar-refractivity contribution in [2.75, 3.05) is 6.26 Å². The lowest BCUT2D eigenvalue weighted by atomic mass is 9.53. The molecule has 0 aliphatic heterocycles. The monoisotopic (exact) mass is 271 g/mol. The molecule has 3 nitrogen and oxygen atoms in total. The minimum Gasteiger partial charge on any atom is -0.311 e. The maximum Gasteiger partial charge on any atom is 0.153 e. The summed E-state index contributed by atoms with van der Waals surface area (Å²) in [5, 5.41) is 3.70. The Hall–Kier alpha value is -0.0900. The SMILES string of the molecule is CC(C)NC1C2CC3CC1CC(S(C)(=O)=O)(C3)C2. The lowest BCUT2D eigenvalue weighted by Crippen LogP contribution is -2.63. The van der Waals surface area contributed by atoms with Crippen LogP contribution in [0.25, 0.3) is 0 Å². The van der Waals surface area contributed by atoms with Gasteiger partial charge in [0.05, 0.1) is 4.75 Å². The third kappa shape index (κ3) is 1.83. The van der Waals surface area contributed by atoms with Gasteiger partial charge in [0.2, 0.25) is 0 Å². The van der Waals surface area contributed by atoms with Crippen molar-refractivity contribution in [1.29, 1.82) is 0 Å². The van der Waals surface area contributed by atoms with Gasteiger partial charge in [-0.05, 0) is 49.9 Å². The summed E-state index contributed by atoms with van der Waals surface area (Å²) in [4.78, 5) is 0. The van der Waals surface area contributed by atoms with E-state index >= 15 is 0 Å². The molecule has 0 heterocycles. The quantitative estimate of drug-likeness (QED) is 0.853. The zero-order chi connectivity index (χ0) is 13.1. The van der Waals surface area contributed by atoms with Crippen LogP contribution in [0.5, 0.6) is 0 Å². The zero-order valence-corrected chi connectivity index (χ0v) is 12.5. The van der Waals surface area contributed by atoms with Crippen LogP contribution in [-0.2, 0) is 9.84 Å². The molecule has 0 spiro atoms. The van der Waals surface area contributed by atoms with E-state index in [1.807, 2.05) is 0 Å². The average molecular weight is 271 g/mol. The van der Waals surface area contributed by atoms with Crippen LogP contribution in [0.1, 0.15) is 46.0 Å². The lowest BCUT2D eigenvalue weighted by Gasteiger charge is -2.59. The molecule has 4 aliphatic rings. The number of rotatable bonds is 3. The Labute approximate surface area is 111 Å². The van der Waals surface area contributed by atoms with Crippen molar-refractivity contribution < 1.29 is 8.42 Å². The van der Waals surface area contributed by atoms with E-state index in [0.29, 0.717) is 29.8 Å². The molecule has 4 saturated carbocycles. The highest BCUT2D eigenvalue weighted by atomic mass is 32.2. The lowest BCUT2D eigenvalue weighted by molar-refractivity contribution is -0.00374. The largest absolute Gasteiger partial charge is 0.311 e. The summed E-state index contributed by atoms with van der Waals surface area (Å²) in [5.41, 5.74) is 0. The van der Waals surface area contributed by atoms with Gasteiger partial charge in [-0.3, -0.25) is 0 Å². The average Bonchev–Trinajstić information content (AvgIpc) is 2.20. The topological polar surface area (TPSA) is 46.2 Å². The van der Waals surface area contributed by atoms with E-state index < -0.39 is 9.84 Å². The van der Waals surface area contributed by atoms with Gasteiger partial charge in [0.1, 0.15) is 0 Å². The maximum atomic E-state index is 12.2. The number of sulfone groups is 1. The second kappa shape index (κ2) is 3.95. The summed E-state index contributed by atoms with van der Waals surface area (Å²) in [5.74, 6) is 1.85. The normalized spacial score (nSPS) is 46.9. The van der Waals surface area contributed by atoms with Gasteiger partial charge >= 0.3 is 0 Å². The van der Waals surface area contributed by atoms with Crippen molar-refractivity contribution in [3.05, 3.63) is 0 Å².